The van der Waals surface area contributed by atoms with Crippen LogP contribution in [0.5, 0.6) is 11.5 Å². The van der Waals surface area contributed by atoms with Crippen LogP contribution in [0.3, 0.4) is 0 Å². The first-order chi connectivity index (χ1) is 11.6. The predicted octanol–water partition coefficient (Wildman–Crippen LogP) is 2.01. The number of nitrogens with two attached hydrogens (primary N) is 1. The first kappa shape index (κ1) is 17.9. The summed E-state index contributed by atoms with van der Waals surface area (Å²) in [5.41, 5.74) is 6.86. The van der Waals surface area contributed by atoms with Gasteiger partial charge in [-0.25, -0.2) is 0 Å². The highest BCUT2D eigenvalue weighted by Gasteiger charge is 2.16. The number of aromatic nitrogens is 1. The zero-order valence-corrected chi connectivity index (χ0v) is 14.1. The summed E-state index contributed by atoms with van der Waals surface area (Å²) in [6, 6.07) is 10.7. The molecule has 0 aliphatic heterocycles. The zero-order chi connectivity index (χ0) is 17.4. The maximum absolute atomic E-state index is 11.6. The van der Waals surface area contributed by atoms with Crippen LogP contribution >= 0.6 is 0 Å². The summed E-state index contributed by atoms with van der Waals surface area (Å²) in [5, 5.41) is 0. The molecule has 1 atom stereocenters. The van der Waals surface area contributed by atoms with Crippen LogP contribution in [0.15, 0.2) is 42.6 Å². The maximum Gasteiger partial charge on any atom is 0.323 e. The minimum Gasteiger partial charge on any atom is -0.497 e. The van der Waals surface area contributed by atoms with Crippen LogP contribution in [0.25, 0.3) is 0 Å². The molecule has 0 radical (unpaired) electrons. The topological polar surface area (TPSA) is 75.7 Å². The van der Waals surface area contributed by atoms with Gasteiger partial charge in [-0.2, -0.15) is 0 Å². The normalized spacial score (nSPS) is 11.8. The van der Waals surface area contributed by atoms with Gasteiger partial charge < -0.3 is 24.5 Å². The molecule has 2 N–H and O–H groups in total. The molecule has 24 heavy (non-hydrogen) atoms. The van der Waals surface area contributed by atoms with Gasteiger partial charge in [-0.1, -0.05) is 0 Å². The van der Waals surface area contributed by atoms with Crippen LogP contribution in [-0.4, -0.2) is 36.9 Å². The van der Waals surface area contributed by atoms with Crippen LogP contribution < -0.4 is 15.2 Å². The standard InChI is InChI=1S/C18H24N2O4/c1-3-23-18(21)17(19)13-14-5-4-10-20(14)11-12-24-16-8-6-15(22-2)7-9-16/h4-10,17H,3,11-13,19H2,1-2H3. The van der Waals surface area contributed by atoms with Gasteiger partial charge in [0.05, 0.1) is 20.3 Å². The largest absolute Gasteiger partial charge is 0.497 e. The van der Waals surface area contributed by atoms with Gasteiger partial charge in [0.25, 0.3) is 0 Å². The minimum absolute atomic E-state index is 0.337. The van der Waals surface area contributed by atoms with E-state index in [0.717, 1.165) is 17.2 Å². The molecule has 6 nitrogen and oxygen atoms in total. The van der Waals surface area contributed by atoms with Crippen LogP contribution in [0.4, 0.5) is 0 Å². The van der Waals surface area contributed by atoms with E-state index < -0.39 is 6.04 Å². The Morgan fingerprint density at radius 2 is 1.92 bits per heavy atom. The molecule has 0 aliphatic rings. The van der Waals surface area contributed by atoms with E-state index in [1.54, 1.807) is 14.0 Å². The number of ether oxygens (including phenoxy) is 3. The van der Waals surface area contributed by atoms with Crippen molar-refractivity contribution >= 4 is 5.97 Å². The third-order valence-corrected chi connectivity index (χ3v) is 3.60. The molecule has 0 amide bonds. The Labute approximate surface area is 142 Å². The Bertz CT molecular complexity index is 637. The van der Waals surface area contributed by atoms with Crippen molar-refractivity contribution in [3.8, 4) is 11.5 Å². The SMILES string of the molecule is CCOC(=O)C(N)Cc1cccn1CCOc1ccc(OC)cc1. The number of hydrogen-bond acceptors (Lipinski definition) is 5. The van der Waals surface area contributed by atoms with E-state index in [0.29, 0.717) is 26.2 Å². The molecular weight excluding hydrogens is 308 g/mol. The summed E-state index contributed by atoms with van der Waals surface area (Å²) in [6.45, 7) is 3.29. The Morgan fingerprint density at radius 1 is 1.21 bits per heavy atom. The van der Waals surface area contributed by atoms with Gasteiger partial charge in [0.2, 0.25) is 0 Å². The molecule has 0 saturated heterocycles. The molecule has 0 spiro atoms. The van der Waals surface area contributed by atoms with E-state index in [2.05, 4.69) is 0 Å². The molecule has 0 fully saturated rings. The second-order valence-corrected chi connectivity index (χ2v) is 5.28. The average molecular weight is 332 g/mol. The third-order valence-electron chi connectivity index (χ3n) is 3.60. The van der Waals surface area contributed by atoms with Gasteiger partial charge in [0.1, 0.15) is 24.1 Å². The summed E-state index contributed by atoms with van der Waals surface area (Å²) < 4.78 is 17.8. The van der Waals surface area contributed by atoms with Gasteiger partial charge in [-0.05, 0) is 43.3 Å². The van der Waals surface area contributed by atoms with Crippen molar-refractivity contribution in [1.82, 2.24) is 4.57 Å². The zero-order valence-electron chi connectivity index (χ0n) is 14.1. The molecule has 0 bridgehead atoms. The summed E-state index contributed by atoms with van der Waals surface area (Å²) in [7, 11) is 1.63. The summed E-state index contributed by atoms with van der Waals surface area (Å²) in [6.07, 6.45) is 2.39. The highest BCUT2D eigenvalue weighted by atomic mass is 16.5. The first-order valence-corrected chi connectivity index (χ1v) is 7.97. The molecule has 0 aliphatic carbocycles. The Hall–Kier alpha value is -2.47. The molecule has 1 unspecified atom stereocenters. The number of methoxy groups -OCH3 is 1. The molecule has 0 saturated carbocycles. The highest BCUT2D eigenvalue weighted by Crippen LogP contribution is 2.17. The molecule has 1 aromatic carbocycles. The van der Waals surface area contributed by atoms with Crippen LogP contribution in [0, 0.1) is 0 Å². The number of carbonyl (C=O) groups is 1. The summed E-state index contributed by atoms with van der Waals surface area (Å²) in [4.78, 5) is 11.6. The quantitative estimate of drug-likeness (QED) is 0.711. The fourth-order valence-electron chi connectivity index (χ4n) is 2.34. The van der Waals surface area contributed by atoms with E-state index in [-0.39, 0.29) is 5.97 Å². The van der Waals surface area contributed by atoms with E-state index in [1.165, 1.54) is 0 Å². The van der Waals surface area contributed by atoms with Crippen LogP contribution in [0.1, 0.15) is 12.6 Å². The smallest absolute Gasteiger partial charge is 0.323 e. The number of hydrogen-bond donors (Lipinski definition) is 1. The third kappa shape index (κ3) is 5.03. The Morgan fingerprint density at radius 3 is 2.58 bits per heavy atom. The number of esters is 1. The van der Waals surface area contributed by atoms with Crippen molar-refractivity contribution in [3.63, 3.8) is 0 Å². The summed E-state index contributed by atoms with van der Waals surface area (Å²) in [5.74, 6) is 1.20. The number of rotatable bonds is 9. The molecule has 6 heteroatoms. The fraction of sp³-hybridized carbons (Fsp3) is 0.389. The highest BCUT2D eigenvalue weighted by molar-refractivity contribution is 5.75. The van der Waals surface area contributed by atoms with E-state index in [1.807, 2.05) is 47.2 Å². The lowest BCUT2D eigenvalue weighted by molar-refractivity contribution is -0.144. The number of carbonyl (C=O) groups excluding carboxylic acids is 1. The lowest BCUT2D eigenvalue weighted by Gasteiger charge is -2.14. The fourth-order valence-corrected chi connectivity index (χ4v) is 2.34. The van der Waals surface area contributed by atoms with Crippen molar-refractivity contribution in [1.29, 1.82) is 0 Å². The maximum atomic E-state index is 11.6. The number of nitrogens with zero attached hydrogens (tertiary/aromatic N) is 1. The van der Waals surface area contributed by atoms with Gasteiger partial charge >= 0.3 is 5.97 Å². The first-order valence-electron chi connectivity index (χ1n) is 7.97. The molecule has 1 aromatic heterocycles. The van der Waals surface area contributed by atoms with Gasteiger partial charge in [0.15, 0.2) is 0 Å². The second-order valence-electron chi connectivity index (χ2n) is 5.28. The van der Waals surface area contributed by atoms with E-state index >= 15 is 0 Å². The van der Waals surface area contributed by atoms with Crippen LogP contribution in [0.2, 0.25) is 0 Å². The molecule has 130 valence electrons. The van der Waals surface area contributed by atoms with Crippen molar-refractivity contribution in [2.45, 2.75) is 25.9 Å². The van der Waals surface area contributed by atoms with Crippen LogP contribution in [-0.2, 0) is 22.5 Å². The molecule has 1 heterocycles. The van der Waals surface area contributed by atoms with Crippen molar-refractivity contribution in [3.05, 3.63) is 48.3 Å². The molecule has 2 rings (SSSR count). The minimum atomic E-state index is -0.652. The van der Waals surface area contributed by atoms with E-state index in [4.69, 9.17) is 19.9 Å². The average Bonchev–Trinajstić information content (AvgIpc) is 3.03. The Kier molecular flexibility index (Phi) is 6.69. The monoisotopic (exact) mass is 332 g/mol. The molecular formula is C18H24N2O4. The summed E-state index contributed by atoms with van der Waals surface area (Å²) >= 11 is 0. The predicted molar refractivity (Wildman–Crippen MR) is 91.2 cm³/mol. The van der Waals surface area contributed by atoms with Crippen molar-refractivity contribution in [2.24, 2.45) is 5.73 Å². The van der Waals surface area contributed by atoms with E-state index in [9.17, 15) is 4.79 Å². The van der Waals surface area contributed by atoms with Crippen molar-refractivity contribution in [2.75, 3.05) is 20.3 Å². The van der Waals surface area contributed by atoms with Gasteiger partial charge in [-0.15, -0.1) is 0 Å². The molecule has 2 aromatic rings. The number of benzene rings is 1. The second kappa shape index (κ2) is 8.98. The Balaban J connectivity index is 1.85. The lowest BCUT2D eigenvalue weighted by atomic mass is 10.1. The lowest BCUT2D eigenvalue weighted by Crippen LogP contribution is -2.35. The van der Waals surface area contributed by atoms with Gasteiger partial charge in [-0.3, -0.25) is 4.79 Å². The van der Waals surface area contributed by atoms with Gasteiger partial charge in [0, 0.05) is 18.3 Å². The van der Waals surface area contributed by atoms with Crippen molar-refractivity contribution < 1.29 is 19.0 Å².